The smallest absolute Gasteiger partial charge is 0.189 e. The van der Waals surface area contributed by atoms with E-state index < -0.39 is 8.07 Å². The lowest BCUT2D eigenvalue weighted by atomic mass is 10.1. The highest BCUT2D eigenvalue weighted by Gasteiger charge is 2.12. The van der Waals surface area contributed by atoms with Crippen molar-refractivity contribution in [2.75, 3.05) is 13.4 Å². The number of ether oxygens (including phenoxy) is 2. The second-order valence-corrected chi connectivity index (χ2v) is 11.1. The Bertz CT molecular complexity index is 475. The zero-order valence-electron chi connectivity index (χ0n) is 11.6. The van der Waals surface area contributed by atoms with E-state index in [1.165, 1.54) is 0 Å². The quantitative estimate of drug-likeness (QED) is 0.332. The molecule has 0 N–H and O–H groups in total. The standard InChI is InChI=1S/C14H19NO3Si/c1-19(2,3)7-6-17-11-18-14-8-12(9-15)4-5-13(14)10-16/h4-5,8,10H,6-7,11H2,1-3H3. The van der Waals surface area contributed by atoms with Crippen LogP contribution in [0.5, 0.6) is 5.75 Å². The molecule has 0 unspecified atom stereocenters. The number of aldehydes is 1. The number of carbonyl (C=O) groups excluding carboxylic acids is 1. The first-order chi connectivity index (χ1) is 8.96. The van der Waals surface area contributed by atoms with E-state index in [1.807, 2.05) is 6.07 Å². The molecule has 0 aliphatic carbocycles. The summed E-state index contributed by atoms with van der Waals surface area (Å²) in [6, 6.07) is 7.78. The van der Waals surface area contributed by atoms with Gasteiger partial charge in [-0.2, -0.15) is 5.26 Å². The Balaban J connectivity index is 2.49. The molecule has 0 atom stereocenters. The fraction of sp³-hybridized carbons (Fsp3) is 0.429. The highest BCUT2D eigenvalue weighted by Crippen LogP contribution is 2.18. The van der Waals surface area contributed by atoms with Gasteiger partial charge in [0.2, 0.25) is 0 Å². The Morgan fingerprint density at radius 2 is 2.11 bits per heavy atom. The van der Waals surface area contributed by atoms with Gasteiger partial charge >= 0.3 is 0 Å². The van der Waals surface area contributed by atoms with E-state index in [1.54, 1.807) is 18.2 Å². The van der Waals surface area contributed by atoms with Crippen molar-refractivity contribution in [1.29, 1.82) is 5.26 Å². The number of benzene rings is 1. The van der Waals surface area contributed by atoms with Crippen LogP contribution in [0.1, 0.15) is 15.9 Å². The number of hydrogen-bond acceptors (Lipinski definition) is 4. The molecule has 0 amide bonds. The number of hydrogen-bond donors (Lipinski definition) is 0. The van der Waals surface area contributed by atoms with E-state index in [4.69, 9.17) is 14.7 Å². The molecule has 0 fully saturated rings. The minimum absolute atomic E-state index is 0.0974. The van der Waals surface area contributed by atoms with Gasteiger partial charge < -0.3 is 9.47 Å². The van der Waals surface area contributed by atoms with Crippen molar-refractivity contribution in [3.63, 3.8) is 0 Å². The van der Waals surface area contributed by atoms with E-state index in [2.05, 4.69) is 19.6 Å². The summed E-state index contributed by atoms with van der Waals surface area (Å²) in [5, 5.41) is 8.80. The van der Waals surface area contributed by atoms with Gasteiger partial charge in [-0.1, -0.05) is 19.6 Å². The number of rotatable bonds is 7. The van der Waals surface area contributed by atoms with Crippen LogP contribution in [0.25, 0.3) is 0 Å². The zero-order chi connectivity index (χ0) is 14.3. The van der Waals surface area contributed by atoms with Crippen molar-refractivity contribution in [2.24, 2.45) is 0 Å². The number of nitriles is 1. The van der Waals surface area contributed by atoms with Crippen LogP contribution in [0.3, 0.4) is 0 Å². The van der Waals surface area contributed by atoms with E-state index >= 15 is 0 Å². The predicted molar refractivity (Wildman–Crippen MR) is 76.1 cm³/mol. The fourth-order valence-electron chi connectivity index (χ4n) is 1.37. The number of carbonyl (C=O) groups is 1. The third kappa shape index (κ3) is 5.68. The van der Waals surface area contributed by atoms with Crippen molar-refractivity contribution in [1.82, 2.24) is 0 Å². The number of nitrogens with zero attached hydrogens (tertiary/aromatic N) is 1. The molecule has 0 radical (unpaired) electrons. The molecule has 5 heteroatoms. The lowest BCUT2D eigenvalue weighted by molar-refractivity contribution is 0.0217. The highest BCUT2D eigenvalue weighted by atomic mass is 28.3. The molecule has 0 aliphatic rings. The molecule has 4 nitrogen and oxygen atoms in total. The molecule has 0 saturated heterocycles. The Morgan fingerprint density at radius 1 is 1.37 bits per heavy atom. The van der Waals surface area contributed by atoms with E-state index in [9.17, 15) is 4.79 Å². The second kappa shape index (κ2) is 7.07. The minimum Gasteiger partial charge on any atom is -0.467 e. The van der Waals surface area contributed by atoms with Crippen LogP contribution < -0.4 is 4.74 Å². The maximum Gasteiger partial charge on any atom is 0.189 e. The van der Waals surface area contributed by atoms with Crippen molar-refractivity contribution in [3.05, 3.63) is 29.3 Å². The molecule has 0 aliphatic heterocycles. The zero-order valence-corrected chi connectivity index (χ0v) is 12.6. The molecular weight excluding hydrogens is 258 g/mol. The molecule has 0 spiro atoms. The van der Waals surface area contributed by atoms with Gasteiger partial charge in [0.1, 0.15) is 5.75 Å². The maximum atomic E-state index is 10.8. The molecule has 1 aromatic carbocycles. The summed E-state index contributed by atoms with van der Waals surface area (Å²) < 4.78 is 10.8. The van der Waals surface area contributed by atoms with Crippen LogP contribution in [0.2, 0.25) is 25.7 Å². The normalized spacial score (nSPS) is 10.8. The summed E-state index contributed by atoms with van der Waals surface area (Å²) in [7, 11) is -1.10. The molecule has 102 valence electrons. The van der Waals surface area contributed by atoms with E-state index in [0.29, 0.717) is 29.8 Å². The van der Waals surface area contributed by atoms with Crippen LogP contribution in [-0.2, 0) is 4.74 Å². The van der Waals surface area contributed by atoms with Crippen molar-refractivity contribution in [2.45, 2.75) is 25.7 Å². The molecule has 0 bridgehead atoms. The van der Waals surface area contributed by atoms with E-state index in [-0.39, 0.29) is 6.79 Å². The van der Waals surface area contributed by atoms with Gasteiger partial charge in [0.25, 0.3) is 0 Å². The van der Waals surface area contributed by atoms with Crippen molar-refractivity contribution < 1.29 is 14.3 Å². The predicted octanol–water partition coefficient (Wildman–Crippen LogP) is 3.06. The minimum atomic E-state index is -1.10. The molecule has 1 aromatic rings. The Hall–Kier alpha value is -1.64. The molecule has 0 aromatic heterocycles. The fourth-order valence-corrected chi connectivity index (χ4v) is 2.13. The monoisotopic (exact) mass is 277 g/mol. The second-order valence-electron chi connectivity index (χ2n) is 5.46. The van der Waals surface area contributed by atoms with Gasteiger partial charge in [-0.25, -0.2) is 0 Å². The first-order valence-electron chi connectivity index (χ1n) is 6.16. The summed E-state index contributed by atoms with van der Waals surface area (Å²) in [4.78, 5) is 10.8. The van der Waals surface area contributed by atoms with Crippen LogP contribution in [0, 0.1) is 11.3 Å². The maximum absolute atomic E-state index is 10.8. The molecule has 19 heavy (non-hydrogen) atoms. The SMILES string of the molecule is C[Si](C)(C)CCOCOc1cc(C#N)ccc1C=O. The van der Waals surface area contributed by atoms with Crippen molar-refractivity contribution in [3.8, 4) is 11.8 Å². The van der Waals surface area contributed by atoms with Crippen LogP contribution in [0.4, 0.5) is 0 Å². The average molecular weight is 277 g/mol. The van der Waals surface area contributed by atoms with Crippen molar-refractivity contribution >= 4 is 14.4 Å². The summed E-state index contributed by atoms with van der Waals surface area (Å²) >= 11 is 0. The molecular formula is C14H19NO3Si. The molecule has 0 heterocycles. The van der Waals surface area contributed by atoms with Crippen LogP contribution in [0.15, 0.2) is 18.2 Å². The lowest BCUT2D eigenvalue weighted by Gasteiger charge is -2.15. The largest absolute Gasteiger partial charge is 0.467 e. The van der Waals surface area contributed by atoms with Gasteiger partial charge in [0, 0.05) is 14.7 Å². The van der Waals surface area contributed by atoms with E-state index in [0.717, 1.165) is 6.04 Å². The summed E-state index contributed by atoms with van der Waals surface area (Å²) in [5.41, 5.74) is 0.885. The average Bonchev–Trinajstić information content (AvgIpc) is 2.36. The Kier molecular flexibility index (Phi) is 5.74. The van der Waals surface area contributed by atoms with Crippen LogP contribution >= 0.6 is 0 Å². The Labute approximate surface area is 115 Å². The summed E-state index contributed by atoms with van der Waals surface area (Å²) in [6.45, 7) is 7.58. The molecule has 1 rings (SSSR count). The van der Waals surface area contributed by atoms with Gasteiger partial charge in [-0.05, 0) is 24.2 Å². The van der Waals surface area contributed by atoms with Gasteiger partial charge in [0.05, 0.1) is 17.2 Å². The van der Waals surface area contributed by atoms with Gasteiger partial charge in [-0.15, -0.1) is 0 Å². The molecule has 0 saturated carbocycles. The van der Waals surface area contributed by atoms with Crippen LogP contribution in [-0.4, -0.2) is 27.8 Å². The first kappa shape index (κ1) is 15.4. The first-order valence-corrected chi connectivity index (χ1v) is 9.87. The van der Waals surface area contributed by atoms with Gasteiger partial charge in [-0.3, -0.25) is 4.79 Å². The summed E-state index contributed by atoms with van der Waals surface area (Å²) in [5.74, 6) is 0.391. The van der Waals surface area contributed by atoms with Gasteiger partial charge in [0.15, 0.2) is 13.1 Å². The topological polar surface area (TPSA) is 59.3 Å². The third-order valence-corrected chi connectivity index (χ3v) is 4.27. The Morgan fingerprint density at radius 3 is 2.68 bits per heavy atom. The summed E-state index contributed by atoms with van der Waals surface area (Å²) in [6.07, 6.45) is 0.707. The highest BCUT2D eigenvalue weighted by molar-refractivity contribution is 6.76. The third-order valence-electron chi connectivity index (χ3n) is 2.56. The lowest BCUT2D eigenvalue weighted by Crippen LogP contribution is -2.22.